The maximum absolute atomic E-state index is 13.4. The summed E-state index contributed by atoms with van der Waals surface area (Å²) in [5, 5.41) is 12.0. The van der Waals surface area contributed by atoms with Gasteiger partial charge in [-0.05, 0) is 29.8 Å². The number of nitrogens with one attached hydrogen (secondary N) is 1. The molecule has 2 amide bonds. The first-order valence-electron chi connectivity index (χ1n) is 9.25. The zero-order valence-electron chi connectivity index (χ0n) is 16.2. The van der Waals surface area contributed by atoms with Crippen molar-refractivity contribution in [2.45, 2.75) is 19.5 Å². The molecule has 0 spiro atoms. The summed E-state index contributed by atoms with van der Waals surface area (Å²) in [7, 11) is 1.54. The van der Waals surface area contributed by atoms with Crippen molar-refractivity contribution in [2.24, 2.45) is 5.92 Å². The van der Waals surface area contributed by atoms with Crippen molar-refractivity contribution in [3.05, 3.63) is 66.2 Å². The van der Waals surface area contributed by atoms with Gasteiger partial charge in [0.25, 0.3) is 0 Å². The van der Waals surface area contributed by atoms with E-state index >= 15 is 0 Å². The molecule has 0 aliphatic carbocycles. The standard InChI is InChI=1S/C21H23FN4O3/c1-14(20(27)28)11-25(2)21(29)24-18(15-7-9-16(22)10-8-15)12-26-13-23-17-5-3-4-6-19(17)26/h3-10,13-14,18H,11-12H2,1-2H3,(H,24,29)(H,27,28). The summed E-state index contributed by atoms with van der Waals surface area (Å²) < 4.78 is 15.3. The van der Waals surface area contributed by atoms with Crippen LogP contribution in [0.2, 0.25) is 0 Å². The average molecular weight is 398 g/mol. The number of halogens is 1. The number of carbonyl (C=O) groups is 2. The van der Waals surface area contributed by atoms with Gasteiger partial charge >= 0.3 is 12.0 Å². The lowest BCUT2D eigenvalue weighted by Crippen LogP contribution is -2.43. The summed E-state index contributed by atoms with van der Waals surface area (Å²) in [6.45, 7) is 2.01. The van der Waals surface area contributed by atoms with Crippen LogP contribution in [0.15, 0.2) is 54.9 Å². The second-order valence-corrected chi connectivity index (χ2v) is 7.06. The lowest BCUT2D eigenvalue weighted by molar-refractivity contribution is -0.141. The Morgan fingerprint density at radius 1 is 1.21 bits per heavy atom. The van der Waals surface area contributed by atoms with E-state index in [1.54, 1.807) is 32.4 Å². The van der Waals surface area contributed by atoms with Gasteiger partial charge < -0.3 is 19.9 Å². The van der Waals surface area contributed by atoms with Crippen molar-refractivity contribution < 1.29 is 19.1 Å². The van der Waals surface area contributed by atoms with Crippen molar-refractivity contribution in [1.82, 2.24) is 19.8 Å². The zero-order valence-corrected chi connectivity index (χ0v) is 16.2. The van der Waals surface area contributed by atoms with Crippen molar-refractivity contribution in [3.8, 4) is 0 Å². The number of amides is 2. The first-order valence-corrected chi connectivity index (χ1v) is 9.25. The predicted molar refractivity (Wildman–Crippen MR) is 107 cm³/mol. The number of para-hydroxylation sites is 2. The highest BCUT2D eigenvalue weighted by molar-refractivity contribution is 5.77. The second kappa shape index (κ2) is 8.72. The van der Waals surface area contributed by atoms with Crippen molar-refractivity contribution >= 4 is 23.0 Å². The fourth-order valence-corrected chi connectivity index (χ4v) is 3.11. The fourth-order valence-electron chi connectivity index (χ4n) is 3.11. The number of imidazole rings is 1. The van der Waals surface area contributed by atoms with E-state index in [1.165, 1.54) is 17.0 Å². The highest BCUT2D eigenvalue weighted by Crippen LogP contribution is 2.20. The number of carboxylic acids is 1. The number of aliphatic carboxylic acids is 1. The molecule has 0 bridgehead atoms. The summed E-state index contributed by atoms with van der Waals surface area (Å²) in [5.41, 5.74) is 2.49. The maximum atomic E-state index is 13.4. The Morgan fingerprint density at radius 2 is 1.90 bits per heavy atom. The molecule has 8 heteroatoms. The number of urea groups is 1. The van der Waals surface area contributed by atoms with Gasteiger partial charge in [0, 0.05) is 20.1 Å². The summed E-state index contributed by atoms with van der Waals surface area (Å²) in [6, 6.07) is 12.7. The van der Waals surface area contributed by atoms with Crippen LogP contribution in [0.5, 0.6) is 0 Å². The van der Waals surface area contributed by atoms with E-state index in [4.69, 9.17) is 5.11 Å². The number of fused-ring (bicyclic) bond motifs is 1. The van der Waals surface area contributed by atoms with Crippen LogP contribution < -0.4 is 5.32 Å². The normalized spacial score (nSPS) is 13.1. The number of nitrogens with zero attached hydrogens (tertiary/aromatic N) is 3. The SMILES string of the molecule is CC(CN(C)C(=O)NC(Cn1cnc2ccccc21)c1ccc(F)cc1)C(=O)O. The van der Waals surface area contributed by atoms with Gasteiger partial charge in [-0.25, -0.2) is 14.2 Å². The van der Waals surface area contributed by atoms with E-state index in [-0.39, 0.29) is 12.4 Å². The summed E-state index contributed by atoms with van der Waals surface area (Å²) in [6.07, 6.45) is 1.70. The third kappa shape index (κ3) is 4.90. The Balaban J connectivity index is 1.82. The predicted octanol–water partition coefficient (Wildman–Crippen LogP) is 3.28. The quantitative estimate of drug-likeness (QED) is 0.639. The minimum absolute atomic E-state index is 0.0747. The highest BCUT2D eigenvalue weighted by atomic mass is 19.1. The third-order valence-electron chi connectivity index (χ3n) is 4.79. The maximum Gasteiger partial charge on any atom is 0.317 e. The number of carboxylic acid groups (broad SMARTS) is 1. The van der Waals surface area contributed by atoms with Crippen molar-refractivity contribution in [1.29, 1.82) is 0 Å². The van der Waals surface area contributed by atoms with Gasteiger partial charge in [0.1, 0.15) is 5.82 Å². The molecule has 0 aliphatic heterocycles. The molecule has 3 rings (SSSR count). The van der Waals surface area contributed by atoms with Crippen LogP contribution in [0, 0.1) is 11.7 Å². The Labute approximate surface area is 167 Å². The number of hydrogen-bond acceptors (Lipinski definition) is 3. The molecule has 1 heterocycles. The third-order valence-corrected chi connectivity index (χ3v) is 4.79. The average Bonchev–Trinajstić information content (AvgIpc) is 3.11. The lowest BCUT2D eigenvalue weighted by Gasteiger charge is -2.25. The molecule has 2 N–H and O–H groups in total. The van der Waals surface area contributed by atoms with Crippen molar-refractivity contribution in [2.75, 3.05) is 13.6 Å². The van der Waals surface area contributed by atoms with E-state index in [0.29, 0.717) is 6.54 Å². The van der Waals surface area contributed by atoms with Crippen LogP contribution in [0.3, 0.4) is 0 Å². The molecule has 2 aromatic carbocycles. The van der Waals surface area contributed by atoms with Gasteiger partial charge in [0.15, 0.2) is 0 Å². The summed E-state index contributed by atoms with van der Waals surface area (Å²) in [5.74, 6) is -2.02. The molecule has 7 nitrogen and oxygen atoms in total. The molecular weight excluding hydrogens is 375 g/mol. The smallest absolute Gasteiger partial charge is 0.317 e. The summed E-state index contributed by atoms with van der Waals surface area (Å²) in [4.78, 5) is 29.4. The molecule has 0 fully saturated rings. The first kappa shape index (κ1) is 20.3. The van der Waals surface area contributed by atoms with Crippen molar-refractivity contribution in [3.63, 3.8) is 0 Å². The molecule has 152 valence electrons. The van der Waals surface area contributed by atoms with Crippen LogP contribution in [0.1, 0.15) is 18.5 Å². The van der Waals surface area contributed by atoms with Crippen LogP contribution >= 0.6 is 0 Å². The van der Waals surface area contributed by atoms with Gasteiger partial charge in [-0.2, -0.15) is 0 Å². The monoisotopic (exact) mass is 398 g/mol. The molecule has 1 aromatic heterocycles. The molecule has 2 atom stereocenters. The second-order valence-electron chi connectivity index (χ2n) is 7.06. The Kier molecular flexibility index (Phi) is 6.11. The van der Waals surface area contributed by atoms with Crippen LogP contribution in [-0.2, 0) is 11.3 Å². The number of carbonyl (C=O) groups excluding carboxylic acids is 1. The number of rotatable bonds is 7. The number of benzene rings is 2. The van der Waals surface area contributed by atoms with E-state index in [1.807, 2.05) is 28.8 Å². The van der Waals surface area contributed by atoms with E-state index < -0.39 is 24.0 Å². The number of aromatic nitrogens is 2. The molecule has 2 unspecified atom stereocenters. The van der Waals surface area contributed by atoms with Gasteiger partial charge in [-0.1, -0.05) is 31.2 Å². The van der Waals surface area contributed by atoms with E-state index in [9.17, 15) is 14.0 Å². The first-order chi connectivity index (χ1) is 13.8. The Morgan fingerprint density at radius 3 is 2.59 bits per heavy atom. The van der Waals surface area contributed by atoms with Crippen LogP contribution in [-0.4, -0.2) is 45.2 Å². The van der Waals surface area contributed by atoms with E-state index in [2.05, 4.69) is 10.3 Å². The minimum Gasteiger partial charge on any atom is -0.481 e. The van der Waals surface area contributed by atoms with Crippen LogP contribution in [0.25, 0.3) is 11.0 Å². The summed E-state index contributed by atoms with van der Waals surface area (Å²) >= 11 is 0. The highest BCUT2D eigenvalue weighted by Gasteiger charge is 2.21. The Hall–Kier alpha value is -3.42. The number of hydrogen-bond donors (Lipinski definition) is 2. The molecule has 0 radical (unpaired) electrons. The molecule has 0 saturated carbocycles. The van der Waals surface area contributed by atoms with Crippen LogP contribution in [0.4, 0.5) is 9.18 Å². The Bertz CT molecular complexity index is 1000. The molecule has 3 aromatic rings. The van der Waals surface area contributed by atoms with Gasteiger partial charge in [-0.3, -0.25) is 4.79 Å². The fraction of sp³-hybridized carbons (Fsp3) is 0.286. The molecule has 29 heavy (non-hydrogen) atoms. The molecule has 0 aliphatic rings. The lowest BCUT2D eigenvalue weighted by atomic mass is 10.1. The molecule has 0 saturated heterocycles. The van der Waals surface area contributed by atoms with Gasteiger partial charge in [-0.15, -0.1) is 0 Å². The van der Waals surface area contributed by atoms with E-state index in [0.717, 1.165) is 16.6 Å². The van der Waals surface area contributed by atoms with Gasteiger partial charge in [0.2, 0.25) is 0 Å². The van der Waals surface area contributed by atoms with Gasteiger partial charge in [0.05, 0.1) is 29.3 Å². The molecular formula is C21H23FN4O3. The largest absolute Gasteiger partial charge is 0.481 e. The topological polar surface area (TPSA) is 87.5 Å². The zero-order chi connectivity index (χ0) is 21.0. The minimum atomic E-state index is -0.968.